The Morgan fingerprint density at radius 3 is 2.70 bits per heavy atom. The van der Waals surface area contributed by atoms with Crippen molar-refractivity contribution in [2.24, 2.45) is 0 Å². The number of alkyl halides is 3. The average Bonchev–Trinajstić information content (AvgIpc) is 3.14. The summed E-state index contributed by atoms with van der Waals surface area (Å²) < 4.78 is 55.5. The van der Waals surface area contributed by atoms with Gasteiger partial charge in [0.2, 0.25) is 5.89 Å². The van der Waals surface area contributed by atoms with Crippen molar-refractivity contribution in [3.63, 3.8) is 0 Å². The average molecular weight is 419 g/mol. The summed E-state index contributed by atoms with van der Waals surface area (Å²) in [5, 5.41) is 3.88. The highest BCUT2D eigenvalue weighted by Crippen LogP contribution is 2.31. The van der Waals surface area contributed by atoms with Gasteiger partial charge < -0.3 is 14.0 Å². The van der Waals surface area contributed by atoms with Crippen LogP contribution in [0.25, 0.3) is 0 Å². The van der Waals surface area contributed by atoms with Gasteiger partial charge >= 0.3 is 6.18 Å². The minimum atomic E-state index is -4.38. The van der Waals surface area contributed by atoms with E-state index >= 15 is 0 Å². The minimum absolute atomic E-state index is 0.141. The van der Waals surface area contributed by atoms with Gasteiger partial charge in [0.1, 0.15) is 12.7 Å². The summed E-state index contributed by atoms with van der Waals surface area (Å²) in [6.45, 7) is 1.41. The van der Waals surface area contributed by atoms with Crippen LogP contribution in [-0.4, -0.2) is 41.3 Å². The first kappa shape index (κ1) is 20.2. The summed E-state index contributed by atoms with van der Waals surface area (Å²) >= 11 is 0. The third-order valence-electron chi connectivity index (χ3n) is 4.61. The molecule has 1 aliphatic rings. The van der Waals surface area contributed by atoms with Gasteiger partial charge in [-0.2, -0.15) is 18.2 Å². The molecular weight excluding hydrogens is 399 g/mol. The molecule has 1 aromatic heterocycles. The number of rotatable bonds is 6. The van der Waals surface area contributed by atoms with Crippen LogP contribution >= 0.6 is 0 Å². The van der Waals surface area contributed by atoms with Crippen molar-refractivity contribution in [3.8, 4) is 11.5 Å². The van der Waals surface area contributed by atoms with Crippen molar-refractivity contribution >= 4 is 0 Å². The summed E-state index contributed by atoms with van der Waals surface area (Å²) in [6.07, 6.45) is -4.36. The molecule has 0 spiro atoms. The normalized spacial score (nSPS) is 16.1. The Balaban J connectivity index is 1.32. The lowest BCUT2D eigenvalue weighted by atomic mass is 10.1. The first-order valence-electron chi connectivity index (χ1n) is 9.41. The standard InChI is InChI=1S/C21H20F3N3O3/c1-27(11-16-13-28-17-7-2-3-8-18(17)29-16)12-20-25-19(26-30-20)10-14-5-4-6-15(9-14)21(22,23)24/h2-9,16H,10-13H2,1H3/t16-/m1/s1. The Hall–Kier alpha value is -3.07. The van der Waals surface area contributed by atoms with Gasteiger partial charge in [-0.05, 0) is 30.8 Å². The molecule has 0 saturated heterocycles. The molecule has 6 nitrogen and oxygen atoms in total. The Bertz CT molecular complexity index is 1010. The molecule has 9 heteroatoms. The molecule has 158 valence electrons. The van der Waals surface area contributed by atoms with E-state index in [9.17, 15) is 13.2 Å². The van der Waals surface area contributed by atoms with Crippen molar-refractivity contribution in [1.29, 1.82) is 0 Å². The summed E-state index contributed by atoms with van der Waals surface area (Å²) in [4.78, 5) is 6.26. The largest absolute Gasteiger partial charge is 0.486 e. The quantitative estimate of drug-likeness (QED) is 0.603. The van der Waals surface area contributed by atoms with E-state index in [0.29, 0.717) is 42.7 Å². The third-order valence-corrected chi connectivity index (χ3v) is 4.61. The van der Waals surface area contributed by atoms with E-state index in [2.05, 4.69) is 10.1 Å². The highest BCUT2D eigenvalue weighted by atomic mass is 19.4. The molecule has 0 fully saturated rings. The van der Waals surface area contributed by atoms with E-state index in [1.54, 1.807) is 6.07 Å². The van der Waals surface area contributed by atoms with E-state index in [1.807, 2.05) is 36.2 Å². The van der Waals surface area contributed by atoms with Gasteiger partial charge in [-0.25, -0.2) is 0 Å². The lowest BCUT2D eigenvalue weighted by Gasteiger charge is -2.29. The summed E-state index contributed by atoms with van der Waals surface area (Å²) in [5.74, 6) is 2.16. The van der Waals surface area contributed by atoms with Crippen molar-refractivity contribution in [3.05, 3.63) is 71.4 Å². The zero-order chi connectivity index (χ0) is 21.1. The van der Waals surface area contributed by atoms with Gasteiger partial charge in [0.05, 0.1) is 12.1 Å². The highest BCUT2D eigenvalue weighted by Gasteiger charge is 2.30. The molecule has 0 bridgehead atoms. The van der Waals surface area contributed by atoms with E-state index in [0.717, 1.165) is 17.9 Å². The lowest BCUT2D eigenvalue weighted by Crippen LogP contribution is -2.39. The predicted octanol–water partition coefficient (Wildman–Crippen LogP) is 3.95. The molecule has 1 aliphatic heterocycles. The smallest absolute Gasteiger partial charge is 0.416 e. The van der Waals surface area contributed by atoms with Gasteiger partial charge in [0.25, 0.3) is 0 Å². The first-order chi connectivity index (χ1) is 14.4. The van der Waals surface area contributed by atoms with Gasteiger partial charge in [0.15, 0.2) is 17.3 Å². The second-order valence-corrected chi connectivity index (χ2v) is 7.17. The maximum atomic E-state index is 12.9. The molecule has 3 aromatic rings. The van der Waals surface area contributed by atoms with Gasteiger partial charge in [-0.1, -0.05) is 35.5 Å². The number of para-hydroxylation sites is 2. The van der Waals surface area contributed by atoms with Crippen LogP contribution in [0.5, 0.6) is 11.5 Å². The number of nitrogens with zero attached hydrogens (tertiary/aromatic N) is 3. The second kappa shape index (κ2) is 8.35. The van der Waals surface area contributed by atoms with Crippen LogP contribution in [-0.2, 0) is 19.1 Å². The molecule has 1 atom stereocenters. The van der Waals surface area contributed by atoms with Crippen LogP contribution in [0.1, 0.15) is 22.8 Å². The molecule has 30 heavy (non-hydrogen) atoms. The maximum Gasteiger partial charge on any atom is 0.416 e. The number of benzene rings is 2. The first-order valence-corrected chi connectivity index (χ1v) is 9.41. The van der Waals surface area contributed by atoms with Crippen LogP contribution in [0.3, 0.4) is 0 Å². The zero-order valence-corrected chi connectivity index (χ0v) is 16.2. The number of hydrogen-bond acceptors (Lipinski definition) is 6. The highest BCUT2D eigenvalue weighted by molar-refractivity contribution is 5.40. The van der Waals surface area contributed by atoms with Crippen molar-refractivity contribution in [2.75, 3.05) is 20.2 Å². The Kier molecular flexibility index (Phi) is 5.63. The van der Waals surface area contributed by atoms with Gasteiger partial charge in [0, 0.05) is 13.0 Å². The molecular formula is C21H20F3N3O3. The molecule has 2 heterocycles. The monoisotopic (exact) mass is 419 g/mol. The molecule has 0 aliphatic carbocycles. The fraction of sp³-hybridized carbons (Fsp3) is 0.333. The van der Waals surface area contributed by atoms with Gasteiger partial charge in [-0.3, -0.25) is 4.90 Å². The number of hydrogen-bond donors (Lipinski definition) is 0. The zero-order valence-electron chi connectivity index (χ0n) is 16.2. The Labute approximate surface area is 171 Å². The van der Waals surface area contributed by atoms with Crippen molar-refractivity contribution in [2.45, 2.75) is 25.2 Å². The maximum absolute atomic E-state index is 12.9. The summed E-state index contributed by atoms with van der Waals surface area (Å²) in [7, 11) is 1.89. The number of likely N-dealkylation sites (N-methyl/N-ethyl adjacent to an activating group) is 1. The Morgan fingerprint density at radius 2 is 1.90 bits per heavy atom. The lowest BCUT2D eigenvalue weighted by molar-refractivity contribution is -0.137. The molecule has 0 amide bonds. The van der Waals surface area contributed by atoms with E-state index in [4.69, 9.17) is 14.0 Å². The van der Waals surface area contributed by atoms with Crippen LogP contribution in [0.4, 0.5) is 13.2 Å². The van der Waals surface area contributed by atoms with Gasteiger partial charge in [-0.15, -0.1) is 0 Å². The van der Waals surface area contributed by atoms with Crippen LogP contribution in [0.2, 0.25) is 0 Å². The summed E-state index contributed by atoms with van der Waals surface area (Å²) in [6, 6.07) is 12.6. The molecule has 4 rings (SSSR count). The Morgan fingerprint density at radius 1 is 1.10 bits per heavy atom. The number of aromatic nitrogens is 2. The predicted molar refractivity (Wildman–Crippen MR) is 101 cm³/mol. The molecule has 2 aromatic carbocycles. The van der Waals surface area contributed by atoms with E-state index in [-0.39, 0.29) is 12.5 Å². The number of fused-ring (bicyclic) bond motifs is 1. The number of halogens is 3. The third kappa shape index (κ3) is 4.91. The fourth-order valence-electron chi connectivity index (χ4n) is 3.26. The van der Waals surface area contributed by atoms with Crippen LogP contribution in [0.15, 0.2) is 53.1 Å². The van der Waals surface area contributed by atoms with Crippen LogP contribution < -0.4 is 9.47 Å². The second-order valence-electron chi connectivity index (χ2n) is 7.17. The SMILES string of the molecule is CN(Cc1nc(Cc2cccc(C(F)(F)F)c2)no1)C[C@@H]1COc2ccccc2O1. The van der Waals surface area contributed by atoms with Crippen molar-refractivity contribution in [1.82, 2.24) is 15.0 Å². The topological polar surface area (TPSA) is 60.6 Å². The molecule has 0 saturated carbocycles. The molecule has 0 radical (unpaired) electrons. The molecule has 0 unspecified atom stereocenters. The minimum Gasteiger partial charge on any atom is -0.486 e. The van der Waals surface area contributed by atoms with Crippen molar-refractivity contribution < 1.29 is 27.2 Å². The van der Waals surface area contributed by atoms with Crippen LogP contribution in [0, 0.1) is 0 Å². The summed E-state index contributed by atoms with van der Waals surface area (Å²) in [5.41, 5.74) is -0.225. The van der Waals surface area contributed by atoms with E-state index < -0.39 is 11.7 Å². The fourth-order valence-corrected chi connectivity index (χ4v) is 3.26. The number of ether oxygens (including phenoxy) is 2. The van der Waals surface area contributed by atoms with E-state index in [1.165, 1.54) is 6.07 Å². The molecule has 0 N–H and O–H groups in total.